The van der Waals surface area contributed by atoms with Crippen LogP contribution in [0.15, 0.2) is 24.3 Å². The van der Waals surface area contributed by atoms with Crippen LogP contribution in [0.4, 0.5) is 8.78 Å². The Balaban J connectivity index is 1.41. The summed E-state index contributed by atoms with van der Waals surface area (Å²) in [5.74, 6) is -0.800. The Hall–Kier alpha value is -1.16. The molecule has 0 amide bonds. The van der Waals surface area contributed by atoms with Gasteiger partial charge in [-0.1, -0.05) is 12.1 Å². The zero-order valence-electron chi connectivity index (χ0n) is 10.9. The van der Waals surface area contributed by atoms with Gasteiger partial charge in [-0.25, -0.2) is 8.78 Å². The Morgan fingerprint density at radius 3 is 2.42 bits per heavy atom. The van der Waals surface area contributed by atoms with E-state index < -0.39 is 5.92 Å². The van der Waals surface area contributed by atoms with E-state index in [2.05, 4.69) is 5.32 Å². The van der Waals surface area contributed by atoms with Gasteiger partial charge < -0.3 is 10.1 Å². The monoisotopic (exact) mass is 267 g/mol. The summed E-state index contributed by atoms with van der Waals surface area (Å²) in [7, 11) is 0. The molecule has 1 N–H and O–H groups in total. The summed E-state index contributed by atoms with van der Waals surface area (Å²) in [5.41, 5.74) is 1.11. The highest BCUT2D eigenvalue weighted by atomic mass is 19.3. The smallest absolute Gasteiger partial charge is 0.251 e. The van der Waals surface area contributed by atoms with E-state index in [1.54, 1.807) is 0 Å². The van der Waals surface area contributed by atoms with Crippen molar-refractivity contribution in [2.45, 2.75) is 44.2 Å². The van der Waals surface area contributed by atoms with Gasteiger partial charge >= 0.3 is 0 Å². The molecular weight excluding hydrogens is 248 g/mol. The van der Waals surface area contributed by atoms with Crippen LogP contribution in [0, 0.1) is 5.92 Å². The molecule has 19 heavy (non-hydrogen) atoms. The Labute approximate surface area is 112 Å². The lowest BCUT2D eigenvalue weighted by Gasteiger charge is -2.35. The molecule has 2 aliphatic rings. The molecule has 0 spiro atoms. The standard InChI is InChI=1S/C15H19F2NO/c16-15(17)7-13(8-15)18-9-11-3-5-14(6-4-11)19-10-12-1-2-12/h3-6,12-13,18H,1-2,7-10H2. The normalized spacial score (nSPS) is 22.0. The van der Waals surface area contributed by atoms with Gasteiger partial charge in [-0.05, 0) is 36.5 Å². The van der Waals surface area contributed by atoms with Crippen LogP contribution in [0.2, 0.25) is 0 Å². The van der Waals surface area contributed by atoms with Gasteiger partial charge in [-0.2, -0.15) is 0 Å². The third-order valence-corrected chi connectivity index (χ3v) is 3.79. The highest BCUT2D eigenvalue weighted by Gasteiger charge is 2.44. The number of hydrogen-bond acceptors (Lipinski definition) is 2. The zero-order valence-corrected chi connectivity index (χ0v) is 10.9. The molecule has 4 heteroatoms. The fraction of sp³-hybridized carbons (Fsp3) is 0.600. The number of ether oxygens (including phenoxy) is 1. The molecule has 1 aromatic carbocycles. The molecule has 0 bridgehead atoms. The van der Waals surface area contributed by atoms with Crippen molar-refractivity contribution in [3.8, 4) is 5.75 Å². The first kappa shape index (κ1) is 12.9. The van der Waals surface area contributed by atoms with E-state index in [1.807, 2.05) is 24.3 Å². The molecule has 1 aromatic rings. The molecule has 0 saturated heterocycles. The van der Waals surface area contributed by atoms with E-state index in [-0.39, 0.29) is 18.9 Å². The Kier molecular flexibility index (Phi) is 3.44. The lowest BCUT2D eigenvalue weighted by molar-refractivity contribution is -0.0930. The van der Waals surface area contributed by atoms with Crippen molar-refractivity contribution in [2.24, 2.45) is 5.92 Å². The van der Waals surface area contributed by atoms with Gasteiger partial charge in [-0.15, -0.1) is 0 Å². The molecule has 0 radical (unpaired) electrons. The van der Waals surface area contributed by atoms with Crippen LogP contribution >= 0.6 is 0 Å². The molecule has 2 fully saturated rings. The fourth-order valence-corrected chi connectivity index (χ4v) is 2.27. The summed E-state index contributed by atoms with van der Waals surface area (Å²) in [6, 6.07) is 7.85. The lowest BCUT2D eigenvalue weighted by atomic mass is 9.88. The van der Waals surface area contributed by atoms with Gasteiger partial charge in [0.2, 0.25) is 0 Å². The molecule has 3 rings (SSSR count). The largest absolute Gasteiger partial charge is 0.493 e. The molecule has 104 valence electrons. The molecule has 0 aliphatic heterocycles. The van der Waals surface area contributed by atoms with Crippen molar-refractivity contribution >= 4 is 0 Å². The summed E-state index contributed by atoms with van der Waals surface area (Å²) in [6.07, 6.45) is 2.51. The second-order valence-corrected chi connectivity index (χ2v) is 5.74. The summed E-state index contributed by atoms with van der Waals surface area (Å²) < 4.78 is 31.0. The molecule has 0 aromatic heterocycles. The number of hydrogen-bond donors (Lipinski definition) is 1. The fourth-order valence-electron chi connectivity index (χ4n) is 2.27. The third kappa shape index (κ3) is 3.66. The first-order valence-corrected chi connectivity index (χ1v) is 6.94. The molecular formula is C15H19F2NO. The second-order valence-electron chi connectivity index (χ2n) is 5.74. The van der Waals surface area contributed by atoms with E-state index in [9.17, 15) is 8.78 Å². The molecule has 0 atom stereocenters. The van der Waals surface area contributed by atoms with Crippen LogP contribution in [0.1, 0.15) is 31.2 Å². The maximum absolute atomic E-state index is 12.7. The predicted octanol–water partition coefficient (Wildman–Crippen LogP) is 3.36. The number of halogens is 2. The van der Waals surface area contributed by atoms with Gasteiger partial charge in [0, 0.05) is 25.4 Å². The quantitative estimate of drug-likeness (QED) is 0.853. The summed E-state index contributed by atoms with van der Waals surface area (Å²) in [5, 5.41) is 3.15. The van der Waals surface area contributed by atoms with Gasteiger partial charge in [0.15, 0.2) is 0 Å². The number of rotatable bonds is 6. The van der Waals surface area contributed by atoms with Crippen LogP contribution < -0.4 is 10.1 Å². The minimum Gasteiger partial charge on any atom is -0.493 e. The molecule has 0 unspecified atom stereocenters. The zero-order chi connectivity index (χ0) is 13.3. The van der Waals surface area contributed by atoms with Crippen molar-refractivity contribution in [3.63, 3.8) is 0 Å². The van der Waals surface area contributed by atoms with Crippen LogP contribution in [0.5, 0.6) is 5.75 Å². The van der Waals surface area contributed by atoms with Crippen LogP contribution in [0.25, 0.3) is 0 Å². The van der Waals surface area contributed by atoms with Crippen LogP contribution in [-0.4, -0.2) is 18.6 Å². The summed E-state index contributed by atoms with van der Waals surface area (Å²) in [4.78, 5) is 0. The highest BCUT2D eigenvalue weighted by molar-refractivity contribution is 5.27. The average molecular weight is 267 g/mol. The van der Waals surface area contributed by atoms with Crippen molar-refractivity contribution in [2.75, 3.05) is 6.61 Å². The number of nitrogens with one attached hydrogen (secondary N) is 1. The molecule has 2 nitrogen and oxygen atoms in total. The van der Waals surface area contributed by atoms with E-state index in [0.29, 0.717) is 6.54 Å². The van der Waals surface area contributed by atoms with Crippen LogP contribution in [-0.2, 0) is 6.54 Å². The van der Waals surface area contributed by atoms with Gasteiger partial charge in [0.05, 0.1) is 6.61 Å². The number of alkyl halides is 2. The minimum absolute atomic E-state index is 0.0322. The Morgan fingerprint density at radius 2 is 1.84 bits per heavy atom. The van der Waals surface area contributed by atoms with Gasteiger partial charge in [-0.3, -0.25) is 0 Å². The summed E-state index contributed by atoms with van der Waals surface area (Å²) >= 11 is 0. The Morgan fingerprint density at radius 1 is 1.16 bits per heavy atom. The molecule has 2 aliphatic carbocycles. The van der Waals surface area contributed by atoms with Crippen molar-refractivity contribution in [3.05, 3.63) is 29.8 Å². The topological polar surface area (TPSA) is 21.3 Å². The Bertz CT molecular complexity index is 420. The maximum atomic E-state index is 12.7. The van der Waals surface area contributed by atoms with Crippen molar-refractivity contribution in [1.82, 2.24) is 5.32 Å². The maximum Gasteiger partial charge on any atom is 0.251 e. The first-order chi connectivity index (χ1) is 9.11. The third-order valence-electron chi connectivity index (χ3n) is 3.79. The lowest BCUT2D eigenvalue weighted by Crippen LogP contribution is -2.48. The summed E-state index contributed by atoms with van der Waals surface area (Å²) in [6.45, 7) is 1.46. The minimum atomic E-state index is -2.45. The second kappa shape index (κ2) is 5.08. The van der Waals surface area contributed by atoms with E-state index in [0.717, 1.165) is 23.8 Å². The van der Waals surface area contributed by atoms with E-state index >= 15 is 0 Å². The molecule has 2 saturated carbocycles. The van der Waals surface area contributed by atoms with Crippen molar-refractivity contribution in [1.29, 1.82) is 0 Å². The highest BCUT2D eigenvalue weighted by Crippen LogP contribution is 2.37. The van der Waals surface area contributed by atoms with E-state index in [4.69, 9.17) is 4.74 Å². The molecule has 0 heterocycles. The van der Waals surface area contributed by atoms with Crippen LogP contribution in [0.3, 0.4) is 0 Å². The predicted molar refractivity (Wildman–Crippen MR) is 69.5 cm³/mol. The number of benzene rings is 1. The first-order valence-electron chi connectivity index (χ1n) is 6.94. The van der Waals surface area contributed by atoms with Crippen molar-refractivity contribution < 1.29 is 13.5 Å². The van der Waals surface area contributed by atoms with Gasteiger partial charge in [0.25, 0.3) is 5.92 Å². The van der Waals surface area contributed by atoms with E-state index in [1.165, 1.54) is 12.8 Å². The van der Waals surface area contributed by atoms with Gasteiger partial charge in [0.1, 0.15) is 5.75 Å². The SMILES string of the molecule is FC1(F)CC(NCc2ccc(OCC3CC3)cc2)C1. The average Bonchev–Trinajstić information content (AvgIpc) is 3.16.